The van der Waals surface area contributed by atoms with Crippen molar-refractivity contribution in [2.75, 3.05) is 11.9 Å². The minimum atomic E-state index is -0.960. The van der Waals surface area contributed by atoms with Gasteiger partial charge in [0.05, 0.1) is 17.1 Å². The first-order valence-corrected chi connectivity index (χ1v) is 8.61. The SMILES string of the molecule is Cc1nn(C)c(C)c1NC(=O)C(C)OC(=O)/C=C/c1ccc(OCC#N)cc1. The minimum absolute atomic E-state index is 0.0282. The number of nitrogens with zero attached hydrogens (tertiary/aromatic N) is 3. The lowest BCUT2D eigenvalue weighted by molar-refractivity contribution is -0.148. The van der Waals surface area contributed by atoms with Gasteiger partial charge in [-0.1, -0.05) is 12.1 Å². The van der Waals surface area contributed by atoms with E-state index < -0.39 is 18.0 Å². The Balaban J connectivity index is 1.90. The van der Waals surface area contributed by atoms with Crippen LogP contribution in [-0.4, -0.2) is 34.4 Å². The number of hydrogen-bond acceptors (Lipinski definition) is 6. The van der Waals surface area contributed by atoms with Gasteiger partial charge in [-0.25, -0.2) is 4.79 Å². The monoisotopic (exact) mass is 382 g/mol. The van der Waals surface area contributed by atoms with E-state index in [2.05, 4.69) is 10.4 Å². The van der Waals surface area contributed by atoms with Gasteiger partial charge in [-0.15, -0.1) is 0 Å². The molecule has 2 rings (SSSR count). The fourth-order valence-electron chi connectivity index (χ4n) is 2.40. The number of benzene rings is 1. The normalized spacial score (nSPS) is 11.7. The molecule has 1 heterocycles. The number of nitriles is 1. The largest absolute Gasteiger partial charge is 0.479 e. The molecule has 0 radical (unpaired) electrons. The Hall–Kier alpha value is -3.60. The fourth-order valence-corrected chi connectivity index (χ4v) is 2.40. The molecule has 1 N–H and O–H groups in total. The number of esters is 1. The molecule has 0 saturated carbocycles. The van der Waals surface area contributed by atoms with Crippen LogP contribution in [0.4, 0.5) is 5.69 Å². The molecular weight excluding hydrogens is 360 g/mol. The molecule has 8 heteroatoms. The summed E-state index contributed by atoms with van der Waals surface area (Å²) in [5.74, 6) is -0.500. The van der Waals surface area contributed by atoms with Gasteiger partial charge in [0.15, 0.2) is 12.7 Å². The summed E-state index contributed by atoms with van der Waals surface area (Å²) in [6, 6.07) is 8.74. The number of amides is 1. The smallest absolute Gasteiger partial charge is 0.331 e. The number of nitrogens with one attached hydrogen (secondary N) is 1. The number of ether oxygens (including phenoxy) is 2. The van der Waals surface area contributed by atoms with E-state index in [4.69, 9.17) is 14.7 Å². The predicted octanol–water partition coefficient (Wildman–Crippen LogP) is 2.52. The molecule has 0 saturated heterocycles. The fraction of sp³-hybridized carbons (Fsp3) is 0.300. The third-order valence-electron chi connectivity index (χ3n) is 4.01. The molecule has 2 aromatic rings. The van der Waals surface area contributed by atoms with Crippen LogP contribution in [0.5, 0.6) is 5.75 Å². The lowest BCUT2D eigenvalue weighted by Crippen LogP contribution is -2.29. The number of aromatic nitrogens is 2. The molecule has 1 atom stereocenters. The third-order valence-corrected chi connectivity index (χ3v) is 4.01. The number of carbonyl (C=O) groups is 2. The molecule has 0 bridgehead atoms. The molecule has 0 aliphatic carbocycles. The number of aryl methyl sites for hydroxylation is 2. The summed E-state index contributed by atoms with van der Waals surface area (Å²) in [6.07, 6.45) is 1.85. The van der Waals surface area contributed by atoms with Gasteiger partial charge in [0, 0.05) is 13.1 Å². The molecule has 146 valence electrons. The number of anilines is 1. The van der Waals surface area contributed by atoms with Crippen LogP contribution in [0.2, 0.25) is 0 Å². The Bertz CT molecular complexity index is 923. The lowest BCUT2D eigenvalue weighted by atomic mass is 10.2. The predicted molar refractivity (Wildman–Crippen MR) is 103 cm³/mol. The summed E-state index contributed by atoms with van der Waals surface area (Å²) in [5, 5.41) is 15.4. The number of carbonyl (C=O) groups excluding carboxylic acids is 2. The molecule has 8 nitrogen and oxygen atoms in total. The molecule has 28 heavy (non-hydrogen) atoms. The lowest BCUT2D eigenvalue weighted by Gasteiger charge is -2.12. The van der Waals surface area contributed by atoms with Crippen LogP contribution < -0.4 is 10.1 Å². The van der Waals surface area contributed by atoms with Crippen molar-refractivity contribution in [2.45, 2.75) is 26.9 Å². The maximum atomic E-state index is 12.3. The highest BCUT2D eigenvalue weighted by Crippen LogP contribution is 2.19. The average Bonchev–Trinajstić information content (AvgIpc) is 2.91. The zero-order chi connectivity index (χ0) is 20.7. The molecule has 0 aliphatic heterocycles. The van der Waals surface area contributed by atoms with Crippen molar-refractivity contribution in [1.29, 1.82) is 5.26 Å². The van der Waals surface area contributed by atoms with Crippen molar-refractivity contribution in [3.8, 4) is 11.8 Å². The van der Waals surface area contributed by atoms with E-state index in [9.17, 15) is 9.59 Å². The maximum absolute atomic E-state index is 12.3. The van der Waals surface area contributed by atoms with Gasteiger partial charge in [-0.2, -0.15) is 10.4 Å². The summed E-state index contributed by atoms with van der Waals surface area (Å²) in [4.78, 5) is 24.2. The van der Waals surface area contributed by atoms with Gasteiger partial charge in [-0.05, 0) is 44.5 Å². The van der Waals surface area contributed by atoms with E-state index >= 15 is 0 Å². The quantitative estimate of drug-likeness (QED) is 0.583. The number of rotatable bonds is 7. The van der Waals surface area contributed by atoms with E-state index in [0.29, 0.717) is 17.1 Å². The van der Waals surface area contributed by atoms with E-state index in [1.165, 1.54) is 13.0 Å². The van der Waals surface area contributed by atoms with Crippen LogP contribution in [0.25, 0.3) is 6.08 Å². The summed E-state index contributed by atoms with van der Waals surface area (Å²) in [6.45, 7) is 5.10. The molecule has 0 aliphatic rings. The van der Waals surface area contributed by atoms with Crippen molar-refractivity contribution in [3.63, 3.8) is 0 Å². The second kappa shape index (κ2) is 9.37. The third kappa shape index (κ3) is 5.45. The summed E-state index contributed by atoms with van der Waals surface area (Å²) >= 11 is 0. The molecule has 1 unspecified atom stereocenters. The number of hydrogen-bond donors (Lipinski definition) is 1. The van der Waals surface area contributed by atoms with Gasteiger partial charge < -0.3 is 14.8 Å². The Morgan fingerprint density at radius 3 is 2.57 bits per heavy atom. The zero-order valence-electron chi connectivity index (χ0n) is 16.2. The van der Waals surface area contributed by atoms with Crippen molar-refractivity contribution < 1.29 is 19.1 Å². The van der Waals surface area contributed by atoms with Crippen LogP contribution in [0.3, 0.4) is 0 Å². The standard InChI is InChI=1S/C20H22N4O4/c1-13-19(14(2)24(4)23-13)22-20(26)15(3)28-18(25)10-7-16-5-8-17(9-6-16)27-12-11-21/h5-10,15H,12H2,1-4H3,(H,22,26)/b10-7+. The van der Waals surface area contributed by atoms with Crippen LogP contribution in [0.1, 0.15) is 23.9 Å². The van der Waals surface area contributed by atoms with E-state index in [1.807, 2.05) is 13.0 Å². The Morgan fingerprint density at radius 1 is 1.32 bits per heavy atom. The Labute approximate surface area is 163 Å². The second-order valence-electron chi connectivity index (χ2n) is 6.09. The van der Waals surface area contributed by atoms with Crippen molar-refractivity contribution in [3.05, 3.63) is 47.3 Å². The van der Waals surface area contributed by atoms with Crippen LogP contribution in [0, 0.1) is 25.2 Å². The minimum Gasteiger partial charge on any atom is -0.479 e. The first-order valence-electron chi connectivity index (χ1n) is 8.61. The van der Waals surface area contributed by atoms with Crippen molar-refractivity contribution >= 4 is 23.6 Å². The van der Waals surface area contributed by atoms with E-state index in [-0.39, 0.29) is 6.61 Å². The second-order valence-corrected chi connectivity index (χ2v) is 6.09. The van der Waals surface area contributed by atoms with Gasteiger partial charge in [0.1, 0.15) is 11.8 Å². The molecule has 0 spiro atoms. The average molecular weight is 382 g/mol. The Kier molecular flexibility index (Phi) is 6.93. The molecule has 0 fully saturated rings. The van der Waals surface area contributed by atoms with Gasteiger partial charge in [-0.3, -0.25) is 9.48 Å². The van der Waals surface area contributed by atoms with Crippen LogP contribution in [0.15, 0.2) is 30.3 Å². The van der Waals surface area contributed by atoms with E-state index in [0.717, 1.165) is 11.3 Å². The summed E-state index contributed by atoms with van der Waals surface area (Å²) < 4.78 is 12.0. The maximum Gasteiger partial charge on any atom is 0.331 e. The first kappa shape index (κ1) is 20.7. The summed E-state index contributed by atoms with van der Waals surface area (Å²) in [7, 11) is 1.79. The zero-order valence-corrected chi connectivity index (χ0v) is 16.2. The first-order chi connectivity index (χ1) is 13.3. The highest BCUT2D eigenvalue weighted by atomic mass is 16.5. The van der Waals surface area contributed by atoms with Gasteiger partial charge in [0.25, 0.3) is 5.91 Å². The van der Waals surface area contributed by atoms with Crippen molar-refractivity contribution in [2.24, 2.45) is 7.05 Å². The summed E-state index contributed by atoms with van der Waals surface area (Å²) in [5.41, 5.74) is 2.87. The highest BCUT2D eigenvalue weighted by molar-refractivity contribution is 5.97. The van der Waals surface area contributed by atoms with Crippen LogP contribution in [-0.2, 0) is 21.4 Å². The van der Waals surface area contributed by atoms with Crippen molar-refractivity contribution in [1.82, 2.24) is 9.78 Å². The Morgan fingerprint density at radius 2 is 2.00 bits per heavy atom. The highest BCUT2D eigenvalue weighted by Gasteiger charge is 2.20. The molecular formula is C20H22N4O4. The van der Waals surface area contributed by atoms with E-state index in [1.54, 1.807) is 49.0 Å². The van der Waals surface area contributed by atoms with Gasteiger partial charge >= 0.3 is 5.97 Å². The molecule has 1 aromatic carbocycles. The topological polar surface area (TPSA) is 106 Å². The molecule has 1 amide bonds. The molecule has 1 aromatic heterocycles. The van der Waals surface area contributed by atoms with Crippen LogP contribution >= 0.6 is 0 Å². The van der Waals surface area contributed by atoms with Gasteiger partial charge in [0.2, 0.25) is 0 Å².